The average molecular weight is 304 g/mol. The van der Waals surface area contributed by atoms with Gasteiger partial charge in [0.15, 0.2) is 5.78 Å². The van der Waals surface area contributed by atoms with E-state index in [9.17, 15) is 19.5 Å². The van der Waals surface area contributed by atoms with Crippen LogP contribution in [0.3, 0.4) is 0 Å². The Morgan fingerprint density at radius 1 is 1.23 bits per heavy atom. The molecule has 3 N–H and O–H groups in total. The second-order valence-electron chi connectivity index (χ2n) is 4.30. The lowest BCUT2D eigenvalue weighted by Gasteiger charge is -2.07. The van der Waals surface area contributed by atoms with Gasteiger partial charge in [0.1, 0.15) is 18.0 Å². The third-order valence-electron chi connectivity index (χ3n) is 2.68. The Kier molecular flexibility index (Phi) is 6.00. The highest BCUT2D eigenvalue weighted by Crippen LogP contribution is 2.10. The number of benzene rings is 1. The fourth-order valence-electron chi connectivity index (χ4n) is 1.64. The summed E-state index contributed by atoms with van der Waals surface area (Å²) in [5.74, 6) is -3.09. The Morgan fingerprint density at radius 2 is 1.82 bits per heavy atom. The van der Waals surface area contributed by atoms with Gasteiger partial charge in [-0.25, -0.2) is 0 Å². The predicted molar refractivity (Wildman–Crippen MR) is 79.4 cm³/mol. The number of amidine groups is 1. The van der Waals surface area contributed by atoms with E-state index in [4.69, 9.17) is 5.73 Å². The first-order valence-electron chi connectivity index (χ1n) is 6.30. The maximum atomic E-state index is 11.9. The molecule has 0 saturated heterocycles. The number of ether oxygens (including phenoxy) is 1. The quantitative estimate of drug-likeness (QED) is 0.277. The Balaban J connectivity index is 3.13. The highest BCUT2D eigenvalue weighted by atomic mass is 16.5. The van der Waals surface area contributed by atoms with Crippen molar-refractivity contribution in [1.29, 1.82) is 0 Å². The molecule has 1 amide bonds. The molecule has 0 radical (unpaired) electrons. The Hall–Kier alpha value is -2.96. The minimum absolute atomic E-state index is 0.279. The van der Waals surface area contributed by atoms with Crippen molar-refractivity contribution in [1.82, 2.24) is 0 Å². The van der Waals surface area contributed by atoms with Gasteiger partial charge in [0, 0.05) is 5.56 Å². The number of carbonyl (C=O) groups excluding carboxylic acids is 3. The van der Waals surface area contributed by atoms with Crippen molar-refractivity contribution in [2.75, 3.05) is 7.11 Å². The normalized spacial score (nSPS) is 12.4. The van der Waals surface area contributed by atoms with Crippen LogP contribution in [0, 0.1) is 0 Å². The van der Waals surface area contributed by atoms with E-state index in [1.54, 1.807) is 18.2 Å². The number of aliphatic hydroxyl groups excluding tert-OH is 1. The van der Waals surface area contributed by atoms with E-state index in [0.29, 0.717) is 0 Å². The number of rotatable bonds is 5. The molecule has 1 aromatic rings. The minimum atomic E-state index is -0.751. The lowest BCUT2D eigenvalue weighted by molar-refractivity contribution is -0.140. The number of hydrogen-bond donors (Lipinski definition) is 2. The topological polar surface area (TPSA) is 119 Å². The molecule has 0 aliphatic carbocycles. The monoisotopic (exact) mass is 304 g/mol. The number of Topliss-reactive ketones (excluding diaryl/α,β-unsaturated/α-hetero) is 1. The Morgan fingerprint density at radius 3 is 2.32 bits per heavy atom. The molecule has 7 heteroatoms. The van der Waals surface area contributed by atoms with Crippen LogP contribution in [0.15, 0.2) is 46.7 Å². The van der Waals surface area contributed by atoms with Crippen LogP contribution in [0.4, 0.5) is 0 Å². The number of esters is 1. The summed E-state index contributed by atoms with van der Waals surface area (Å²) in [5.41, 5.74) is 5.51. The molecule has 0 saturated carbocycles. The largest absolute Gasteiger partial charge is 0.511 e. The Labute approximate surface area is 127 Å². The first-order chi connectivity index (χ1) is 10.4. The summed E-state index contributed by atoms with van der Waals surface area (Å²) in [6.45, 7) is 1.14. The molecule has 0 aromatic heterocycles. The average Bonchev–Trinajstić information content (AvgIpc) is 2.47. The van der Waals surface area contributed by atoms with E-state index >= 15 is 0 Å². The van der Waals surface area contributed by atoms with Crippen LogP contribution in [-0.2, 0) is 14.3 Å². The maximum absolute atomic E-state index is 11.9. The van der Waals surface area contributed by atoms with Gasteiger partial charge in [-0.05, 0) is 19.1 Å². The molecule has 0 atom stereocenters. The van der Waals surface area contributed by atoms with Gasteiger partial charge in [0.05, 0.1) is 12.7 Å². The molecular weight excluding hydrogens is 288 g/mol. The number of nitrogens with two attached hydrogens (primary N) is 1. The van der Waals surface area contributed by atoms with E-state index in [0.717, 1.165) is 14.0 Å². The second-order valence-corrected chi connectivity index (χ2v) is 4.30. The molecule has 116 valence electrons. The summed E-state index contributed by atoms with van der Waals surface area (Å²) < 4.78 is 4.39. The van der Waals surface area contributed by atoms with Gasteiger partial charge < -0.3 is 15.6 Å². The van der Waals surface area contributed by atoms with E-state index in [2.05, 4.69) is 9.73 Å². The van der Waals surface area contributed by atoms with Crippen LogP contribution in [0.1, 0.15) is 23.7 Å². The fraction of sp³-hybridized carbons (Fsp3) is 0.200. The van der Waals surface area contributed by atoms with Gasteiger partial charge in [-0.3, -0.25) is 14.4 Å². The molecule has 0 aliphatic rings. The number of hydrogen-bond acceptors (Lipinski definition) is 5. The van der Waals surface area contributed by atoms with Gasteiger partial charge in [0.2, 0.25) is 0 Å². The molecule has 0 heterocycles. The van der Waals surface area contributed by atoms with Gasteiger partial charge >= 0.3 is 5.97 Å². The first kappa shape index (κ1) is 17.1. The van der Waals surface area contributed by atoms with Gasteiger partial charge in [-0.1, -0.05) is 18.2 Å². The van der Waals surface area contributed by atoms with Crippen molar-refractivity contribution in [2.24, 2.45) is 10.7 Å². The zero-order chi connectivity index (χ0) is 16.7. The van der Waals surface area contributed by atoms with Crippen LogP contribution in [0.5, 0.6) is 0 Å². The van der Waals surface area contributed by atoms with Gasteiger partial charge in [0.25, 0.3) is 5.91 Å². The lowest BCUT2D eigenvalue weighted by Crippen LogP contribution is -2.24. The smallest absolute Gasteiger partial charge is 0.313 e. The summed E-state index contributed by atoms with van der Waals surface area (Å²) in [6.07, 6.45) is -0.541. The van der Waals surface area contributed by atoms with Crippen LogP contribution >= 0.6 is 0 Å². The van der Waals surface area contributed by atoms with E-state index in [1.807, 2.05) is 0 Å². The molecule has 0 aliphatic heterocycles. The zero-order valence-corrected chi connectivity index (χ0v) is 12.2. The number of nitrogens with zero attached hydrogens (tertiary/aromatic N) is 1. The van der Waals surface area contributed by atoms with Gasteiger partial charge in [-0.15, -0.1) is 0 Å². The van der Waals surface area contributed by atoms with Crippen molar-refractivity contribution < 1.29 is 24.2 Å². The van der Waals surface area contributed by atoms with E-state index < -0.39 is 35.7 Å². The molecule has 1 aromatic carbocycles. The fourth-order valence-corrected chi connectivity index (χ4v) is 1.64. The maximum Gasteiger partial charge on any atom is 0.313 e. The summed E-state index contributed by atoms with van der Waals surface area (Å²) in [5, 5.41) is 9.82. The zero-order valence-electron chi connectivity index (χ0n) is 12.2. The summed E-state index contributed by atoms with van der Waals surface area (Å²) >= 11 is 0. The lowest BCUT2D eigenvalue weighted by atomic mass is 10.1. The second kappa shape index (κ2) is 7.72. The van der Waals surface area contributed by atoms with Crippen molar-refractivity contribution >= 4 is 23.5 Å². The van der Waals surface area contributed by atoms with Crippen LogP contribution in [0.2, 0.25) is 0 Å². The summed E-state index contributed by atoms with van der Waals surface area (Å²) in [7, 11) is 1.14. The Bertz CT molecular complexity index is 647. The number of aliphatic imine (C=N–C) groups is 1. The summed E-state index contributed by atoms with van der Waals surface area (Å²) in [6, 6.07) is 8.09. The van der Waals surface area contributed by atoms with Crippen LogP contribution in [0.25, 0.3) is 0 Å². The van der Waals surface area contributed by atoms with Crippen LogP contribution < -0.4 is 5.73 Å². The standard InChI is InChI=1S/C15H16N2O5/c1-9(18)13(11(19)8-12(20)22-2)14(16)17-15(21)10-6-4-3-5-7-10/h3-7,19H,8H2,1-2H3,(H2,16,17,21)/b13-11-. The summed E-state index contributed by atoms with van der Waals surface area (Å²) in [4.78, 5) is 38.2. The highest BCUT2D eigenvalue weighted by molar-refractivity contribution is 6.23. The number of aliphatic hydroxyl groups is 1. The molecule has 0 fully saturated rings. The van der Waals surface area contributed by atoms with Crippen molar-refractivity contribution in [2.45, 2.75) is 13.3 Å². The third kappa shape index (κ3) is 4.55. The third-order valence-corrected chi connectivity index (χ3v) is 2.68. The van der Waals surface area contributed by atoms with E-state index in [-0.39, 0.29) is 11.1 Å². The molecule has 22 heavy (non-hydrogen) atoms. The molecule has 7 nitrogen and oxygen atoms in total. The van der Waals surface area contributed by atoms with Crippen molar-refractivity contribution in [3.05, 3.63) is 47.2 Å². The SMILES string of the molecule is COC(=O)C/C(O)=C(\C(C)=O)C(N)=NC(=O)c1ccccc1. The number of carbonyl (C=O) groups is 3. The molecular formula is C15H16N2O5. The van der Waals surface area contributed by atoms with Crippen molar-refractivity contribution in [3.8, 4) is 0 Å². The molecule has 0 unspecified atom stereocenters. The van der Waals surface area contributed by atoms with E-state index in [1.165, 1.54) is 12.1 Å². The van der Waals surface area contributed by atoms with Gasteiger partial charge in [-0.2, -0.15) is 4.99 Å². The number of amides is 1. The molecule has 1 rings (SSSR count). The molecule has 0 bridgehead atoms. The highest BCUT2D eigenvalue weighted by Gasteiger charge is 2.19. The van der Waals surface area contributed by atoms with Crippen LogP contribution in [-0.4, -0.2) is 35.7 Å². The molecule has 0 spiro atoms. The predicted octanol–water partition coefficient (Wildman–Crippen LogP) is 1.15. The number of ketones is 1. The number of methoxy groups -OCH3 is 1. The minimum Gasteiger partial charge on any atom is -0.511 e. The van der Waals surface area contributed by atoms with Crippen molar-refractivity contribution in [3.63, 3.8) is 0 Å². The first-order valence-corrected chi connectivity index (χ1v) is 6.30.